The summed E-state index contributed by atoms with van der Waals surface area (Å²) in [7, 11) is 0. The Morgan fingerprint density at radius 1 is 0.941 bits per heavy atom. The topological polar surface area (TPSA) is 125 Å². The van der Waals surface area contributed by atoms with Crippen LogP contribution in [-0.2, 0) is 21.5 Å². The molecule has 176 valence electrons. The standard InChI is InChI=1S/C26H27N3O5/c1-25(2,34-22-16-10-9-15-21(22)29(32)33)24(31)28-26(18-27,20-13-7-4-8-14-20)23(30)17-19-11-5-3-6-12-19/h3-16H,17-18,27H2,1-2H3,(H,28,31). The number of amides is 1. The van der Waals surface area contributed by atoms with E-state index in [1.807, 2.05) is 30.3 Å². The smallest absolute Gasteiger partial charge is 0.310 e. The molecule has 0 aliphatic heterocycles. The number of nitrogens with zero attached hydrogens (tertiary/aromatic N) is 1. The number of nitrogens with one attached hydrogen (secondary N) is 1. The quantitative estimate of drug-likeness (QED) is 0.351. The molecule has 8 heteroatoms. The Labute approximate surface area is 197 Å². The Kier molecular flexibility index (Phi) is 7.43. The summed E-state index contributed by atoms with van der Waals surface area (Å²) in [5.41, 5.74) is 4.12. The number of rotatable bonds is 10. The number of ketones is 1. The molecule has 1 unspecified atom stereocenters. The number of nitro benzene ring substituents is 1. The van der Waals surface area contributed by atoms with E-state index in [1.165, 1.54) is 32.0 Å². The third kappa shape index (κ3) is 5.29. The zero-order valence-electron chi connectivity index (χ0n) is 19.1. The van der Waals surface area contributed by atoms with Crippen molar-refractivity contribution in [2.75, 3.05) is 6.54 Å². The van der Waals surface area contributed by atoms with Crippen LogP contribution in [0, 0.1) is 10.1 Å². The molecule has 8 nitrogen and oxygen atoms in total. The third-order valence-corrected chi connectivity index (χ3v) is 5.56. The molecule has 0 saturated heterocycles. The van der Waals surface area contributed by atoms with Crippen molar-refractivity contribution in [2.24, 2.45) is 5.73 Å². The summed E-state index contributed by atoms with van der Waals surface area (Å²) in [6.45, 7) is 2.77. The predicted octanol–water partition coefficient (Wildman–Crippen LogP) is 3.53. The largest absolute Gasteiger partial charge is 0.471 e. The average molecular weight is 462 g/mol. The Hall–Kier alpha value is -4.04. The zero-order chi connectivity index (χ0) is 24.8. The van der Waals surface area contributed by atoms with Crippen LogP contribution < -0.4 is 15.8 Å². The molecule has 3 rings (SSSR count). The summed E-state index contributed by atoms with van der Waals surface area (Å²) in [4.78, 5) is 37.8. The number of carbonyl (C=O) groups excluding carboxylic acids is 2. The molecule has 0 aliphatic rings. The molecule has 34 heavy (non-hydrogen) atoms. The normalized spacial score (nSPS) is 12.9. The summed E-state index contributed by atoms with van der Waals surface area (Å²) >= 11 is 0. The van der Waals surface area contributed by atoms with Gasteiger partial charge >= 0.3 is 5.69 Å². The maximum absolute atomic E-state index is 13.6. The summed E-state index contributed by atoms with van der Waals surface area (Å²) in [6, 6.07) is 23.7. The van der Waals surface area contributed by atoms with E-state index >= 15 is 0 Å². The molecule has 3 aromatic carbocycles. The number of para-hydroxylation sites is 2. The van der Waals surface area contributed by atoms with E-state index in [0.717, 1.165) is 5.56 Å². The molecule has 0 heterocycles. The first-order valence-electron chi connectivity index (χ1n) is 10.8. The summed E-state index contributed by atoms with van der Waals surface area (Å²) < 4.78 is 5.77. The molecule has 3 aromatic rings. The van der Waals surface area contributed by atoms with E-state index in [4.69, 9.17) is 10.5 Å². The lowest BCUT2D eigenvalue weighted by molar-refractivity contribution is -0.386. The molecule has 0 spiro atoms. The van der Waals surface area contributed by atoms with Crippen molar-refractivity contribution in [3.05, 3.63) is 106 Å². The minimum Gasteiger partial charge on any atom is -0.471 e. The van der Waals surface area contributed by atoms with Crippen molar-refractivity contribution in [3.8, 4) is 5.75 Å². The molecular formula is C26H27N3O5. The van der Waals surface area contributed by atoms with Crippen molar-refractivity contribution < 1.29 is 19.2 Å². The van der Waals surface area contributed by atoms with Gasteiger partial charge in [0.25, 0.3) is 5.91 Å². The van der Waals surface area contributed by atoms with Gasteiger partial charge < -0.3 is 15.8 Å². The van der Waals surface area contributed by atoms with E-state index in [0.29, 0.717) is 5.56 Å². The molecule has 1 amide bonds. The van der Waals surface area contributed by atoms with Crippen molar-refractivity contribution >= 4 is 17.4 Å². The fourth-order valence-electron chi connectivity index (χ4n) is 3.60. The number of carbonyl (C=O) groups is 2. The van der Waals surface area contributed by atoms with Crippen LogP contribution in [0.2, 0.25) is 0 Å². The van der Waals surface area contributed by atoms with Crippen LogP contribution in [0.3, 0.4) is 0 Å². The van der Waals surface area contributed by atoms with Crippen molar-refractivity contribution in [2.45, 2.75) is 31.4 Å². The molecule has 1 atom stereocenters. The van der Waals surface area contributed by atoms with Gasteiger partial charge in [0, 0.05) is 19.0 Å². The van der Waals surface area contributed by atoms with E-state index in [2.05, 4.69) is 5.32 Å². The maximum Gasteiger partial charge on any atom is 0.310 e. The van der Waals surface area contributed by atoms with Gasteiger partial charge in [-0.25, -0.2) is 0 Å². The van der Waals surface area contributed by atoms with Crippen LogP contribution in [0.25, 0.3) is 0 Å². The Morgan fingerprint density at radius 3 is 2.09 bits per heavy atom. The van der Waals surface area contributed by atoms with Crippen LogP contribution in [0.1, 0.15) is 25.0 Å². The summed E-state index contributed by atoms with van der Waals surface area (Å²) in [6.07, 6.45) is 0.0542. The monoisotopic (exact) mass is 461 g/mol. The minimum absolute atomic E-state index is 0.0542. The van der Waals surface area contributed by atoms with E-state index < -0.39 is 22.0 Å². The van der Waals surface area contributed by atoms with Crippen LogP contribution in [0.5, 0.6) is 5.75 Å². The molecule has 0 bridgehead atoms. The van der Waals surface area contributed by atoms with Gasteiger partial charge in [0.2, 0.25) is 0 Å². The van der Waals surface area contributed by atoms with Gasteiger partial charge in [-0.15, -0.1) is 0 Å². The summed E-state index contributed by atoms with van der Waals surface area (Å²) in [5, 5.41) is 14.2. The first kappa shape index (κ1) is 24.6. The number of Topliss-reactive ketones (excluding diaryl/α,β-unsaturated/α-hetero) is 1. The number of nitrogens with two attached hydrogens (primary N) is 1. The maximum atomic E-state index is 13.6. The van der Waals surface area contributed by atoms with Gasteiger partial charge in [-0.1, -0.05) is 72.8 Å². The second-order valence-electron chi connectivity index (χ2n) is 8.35. The number of hydrogen-bond acceptors (Lipinski definition) is 6. The second-order valence-corrected chi connectivity index (χ2v) is 8.35. The molecule has 0 saturated carbocycles. The number of hydrogen-bond donors (Lipinski definition) is 2. The lowest BCUT2D eigenvalue weighted by Gasteiger charge is -2.36. The van der Waals surface area contributed by atoms with Gasteiger partial charge in [0.15, 0.2) is 17.1 Å². The predicted molar refractivity (Wildman–Crippen MR) is 128 cm³/mol. The van der Waals surface area contributed by atoms with Crippen molar-refractivity contribution in [1.82, 2.24) is 5.32 Å². The van der Waals surface area contributed by atoms with Crippen molar-refractivity contribution in [1.29, 1.82) is 0 Å². The molecule has 0 aliphatic carbocycles. The highest BCUT2D eigenvalue weighted by Gasteiger charge is 2.44. The number of nitro groups is 1. The van der Waals surface area contributed by atoms with Crippen LogP contribution in [0.4, 0.5) is 5.69 Å². The SMILES string of the molecule is CC(C)(Oc1ccccc1[N+](=O)[O-])C(=O)NC(CN)(C(=O)Cc1ccccc1)c1ccccc1. The van der Waals surface area contributed by atoms with Gasteiger partial charge in [-0.3, -0.25) is 19.7 Å². The minimum atomic E-state index is -1.55. The first-order chi connectivity index (χ1) is 16.2. The first-order valence-corrected chi connectivity index (χ1v) is 10.8. The average Bonchev–Trinajstić information content (AvgIpc) is 2.83. The highest BCUT2D eigenvalue weighted by Crippen LogP contribution is 2.31. The molecular weight excluding hydrogens is 434 g/mol. The fourth-order valence-corrected chi connectivity index (χ4v) is 3.60. The highest BCUT2D eigenvalue weighted by molar-refractivity contribution is 5.97. The molecule has 0 aromatic heterocycles. The van der Waals surface area contributed by atoms with Gasteiger partial charge in [0.1, 0.15) is 5.54 Å². The fraction of sp³-hybridized carbons (Fsp3) is 0.231. The van der Waals surface area contributed by atoms with Gasteiger partial charge in [-0.2, -0.15) is 0 Å². The lowest BCUT2D eigenvalue weighted by atomic mass is 9.82. The second kappa shape index (κ2) is 10.3. The summed E-state index contributed by atoms with van der Waals surface area (Å²) in [5.74, 6) is -0.982. The Morgan fingerprint density at radius 2 is 1.50 bits per heavy atom. The van der Waals surface area contributed by atoms with Gasteiger partial charge in [0.05, 0.1) is 4.92 Å². The van der Waals surface area contributed by atoms with Crippen LogP contribution in [0.15, 0.2) is 84.9 Å². The van der Waals surface area contributed by atoms with Gasteiger partial charge in [-0.05, 0) is 31.0 Å². The highest BCUT2D eigenvalue weighted by atomic mass is 16.6. The Bertz CT molecular complexity index is 1170. The number of ether oxygens (including phenoxy) is 1. The Balaban J connectivity index is 1.95. The molecule has 0 fully saturated rings. The number of benzene rings is 3. The van der Waals surface area contributed by atoms with E-state index in [9.17, 15) is 19.7 Å². The lowest BCUT2D eigenvalue weighted by Crippen LogP contribution is -2.61. The zero-order valence-corrected chi connectivity index (χ0v) is 19.1. The van der Waals surface area contributed by atoms with Crippen LogP contribution >= 0.6 is 0 Å². The van der Waals surface area contributed by atoms with E-state index in [1.54, 1.807) is 36.4 Å². The van der Waals surface area contributed by atoms with Crippen molar-refractivity contribution in [3.63, 3.8) is 0 Å². The third-order valence-electron chi connectivity index (χ3n) is 5.56. The van der Waals surface area contributed by atoms with Crippen LogP contribution in [-0.4, -0.2) is 28.8 Å². The molecule has 0 radical (unpaired) electrons. The van der Waals surface area contributed by atoms with E-state index in [-0.39, 0.29) is 30.2 Å². The molecule has 3 N–H and O–H groups in total.